The number of rotatable bonds is 2. The van der Waals surface area contributed by atoms with Crippen molar-refractivity contribution in [1.29, 1.82) is 0 Å². The molecule has 1 aliphatic heterocycles. The van der Waals surface area contributed by atoms with Crippen LogP contribution in [0.15, 0.2) is 11.6 Å². The molecule has 1 heterocycles. The Kier molecular flexibility index (Phi) is 3.18. The molecule has 0 aromatic rings. The molecule has 0 N–H and O–H groups in total. The molecule has 2 aliphatic carbocycles. The van der Waals surface area contributed by atoms with E-state index >= 15 is 0 Å². The first-order chi connectivity index (χ1) is 8.73. The highest BCUT2D eigenvalue weighted by Crippen LogP contribution is 2.58. The van der Waals surface area contributed by atoms with Gasteiger partial charge in [0, 0.05) is 12.7 Å². The SMILES string of the molecule is CCOC(=O)C=C1CCC2(CC1)OCCC1C[C@H]12. The van der Waals surface area contributed by atoms with E-state index in [0.29, 0.717) is 6.61 Å². The molecule has 18 heavy (non-hydrogen) atoms. The molecule has 3 heteroatoms. The van der Waals surface area contributed by atoms with Gasteiger partial charge in [-0.1, -0.05) is 5.57 Å². The Morgan fingerprint density at radius 1 is 1.50 bits per heavy atom. The van der Waals surface area contributed by atoms with Gasteiger partial charge in [0.2, 0.25) is 0 Å². The maximum absolute atomic E-state index is 11.4. The number of fused-ring (bicyclic) bond motifs is 2. The van der Waals surface area contributed by atoms with Crippen LogP contribution in [0.1, 0.15) is 45.4 Å². The van der Waals surface area contributed by atoms with E-state index in [1.807, 2.05) is 6.92 Å². The molecule has 3 fully saturated rings. The molecular formula is C15H22O3. The van der Waals surface area contributed by atoms with Crippen molar-refractivity contribution in [3.63, 3.8) is 0 Å². The summed E-state index contributed by atoms with van der Waals surface area (Å²) < 4.78 is 11.1. The Labute approximate surface area is 109 Å². The lowest BCUT2D eigenvalue weighted by atomic mass is 9.77. The van der Waals surface area contributed by atoms with Gasteiger partial charge in [-0.2, -0.15) is 0 Å². The normalized spacial score (nSPS) is 38.2. The summed E-state index contributed by atoms with van der Waals surface area (Å²) in [6.45, 7) is 3.24. The van der Waals surface area contributed by atoms with Crippen molar-refractivity contribution in [3.8, 4) is 0 Å². The molecule has 2 saturated carbocycles. The van der Waals surface area contributed by atoms with Crippen LogP contribution in [0.5, 0.6) is 0 Å². The molecule has 0 radical (unpaired) electrons. The predicted octanol–water partition coefficient (Wildman–Crippen LogP) is 2.85. The lowest BCUT2D eigenvalue weighted by Crippen LogP contribution is -2.41. The Hall–Kier alpha value is -0.830. The second-order valence-electron chi connectivity index (χ2n) is 5.86. The highest BCUT2D eigenvalue weighted by Gasteiger charge is 2.56. The van der Waals surface area contributed by atoms with Crippen molar-refractivity contribution >= 4 is 5.97 Å². The van der Waals surface area contributed by atoms with Crippen molar-refractivity contribution in [2.45, 2.75) is 51.0 Å². The standard InChI is InChI=1S/C15H22O3/c1-2-17-14(16)9-11-3-6-15(7-4-11)13-10-12(13)5-8-18-15/h9,12-13H,2-8,10H2,1H3/t12?,13-,15?/m1/s1. The maximum Gasteiger partial charge on any atom is 0.330 e. The van der Waals surface area contributed by atoms with Gasteiger partial charge in [-0.3, -0.25) is 0 Å². The molecule has 1 spiro atoms. The molecule has 3 nitrogen and oxygen atoms in total. The first kappa shape index (κ1) is 12.2. The smallest absolute Gasteiger partial charge is 0.330 e. The van der Waals surface area contributed by atoms with E-state index in [2.05, 4.69) is 0 Å². The van der Waals surface area contributed by atoms with Gasteiger partial charge in [-0.05, 0) is 57.3 Å². The topological polar surface area (TPSA) is 35.5 Å². The van der Waals surface area contributed by atoms with Crippen molar-refractivity contribution in [3.05, 3.63) is 11.6 Å². The van der Waals surface area contributed by atoms with Crippen LogP contribution in [0, 0.1) is 11.8 Å². The van der Waals surface area contributed by atoms with Gasteiger partial charge >= 0.3 is 5.97 Å². The van der Waals surface area contributed by atoms with Crippen molar-refractivity contribution in [2.75, 3.05) is 13.2 Å². The molecule has 2 atom stereocenters. The van der Waals surface area contributed by atoms with E-state index in [-0.39, 0.29) is 11.6 Å². The van der Waals surface area contributed by atoms with Crippen molar-refractivity contribution < 1.29 is 14.3 Å². The molecule has 100 valence electrons. The van der Waals surface area contributed by atoms with Gasteiger partial charge in [0.1, 0.15) is 0 Å². The van der Waals surface area contributed by atoms with Crippen LogP contribution in [0.25, 0.3) is 0 Å². The van der Waals surface area contributed by atoms with Gasteiger partial charge in [0.25, 0.3) is 0 Å². The number of carbonyl (C=O) groups is 1. The molecule has 0 amide bonds. The molecule has 0 bridgehead atoms. The minimum absolute atomic E-state index is 0.162. The van der Waals surface area contributed by atoms with Crippen LogP contribution in [0.2, 0.25) is 0 Å². The fraction of sp³-hybridized carbons (Fsp3) is 0.800. The second-order valence-corrected chi connectivity index (χ2v) is 5.86. The van der Waals surface area contributed by atoms with Crippen LogP contribution in [0.4, 0.5) is 0 Å². The lowest BCUT2D eigenvalue weighted by Gasteiger charge is -2.41. The lowest BCUT2D eigenvalue weighted by molar-refractivity contribution is -0.137. The fourth-order valence-electron chi connectivity index (χ4n) is 3.74. The van der Waals surface area contributed by atoms with Gasteiger partial charge in [0.05, 0.1) is 12.2 Å². The van der Waals surface area contributed by atoms with E-state index in [1.54, 1.807) is 6.08 Å². The Bertz CT molecular complexity index is 362. The van der Waals surface area contributed by atoms with E-state index in [1.165, 1.54) is 18.4 Å². The van der Waals surface area contributed by atoms with Crippen LogP contribution < -0.4 is 0 Å². The number of hydrogen-bond donors (Lipinski definition) is 0. The van der Waals surface area contributed by atoms with Crippen LogP contribution >= 0.6 is 0 Å². The zero-order valence-electron chi connectivity index (χ0n) is 11.1. The van der Waals surface area contributed by atoms with E-state index in [4.69, 9.17) is 9.47 Å². The van der Waals surface area contributed by atoms with E-state index in [0.717, 1.165) is 44.1 Å². The fourth-order valence-corrected chi connectivity index (χ4v) is 3.74. The van der Waals surface area contributed by atoms with Gasteiger partial charge in [-0.25, -0.2) is 4.79 Å². The summed E-state index contributed by atoms with van der Waals surface area (Å²) in [6, 6.07) is 0. The minimum Gasteiger partial charge on any atom is -0.463 e. The van der Waals surface area contributed by atoms with Gasteiger partial charge in [0.15, 0.2) is 0 Å². The summed E-state index contributed by atoms with van der Waals surface area (Å²) >= 11 is 0. The zero-order valence-corrected chi connectivity index (χ0v) is 11.1. The summed E-state index contributed by atoms with van der Waals surface area (Å²) in [5, 5.41) is 0. The number of esters is 1. The molecule has 3 aliphatic rings. The summed E-state index contributed by atoms with van der Waals surface area (Å²) in [5.41, 5.74) is 1.40. The summed E-state index contributed by atoms with van der Waals surface area (Å²) in [4.78, 5) is 11.4. The Morgan fingerprint density at radius 3 is 3.00 bits per heavy atom. The third-order valence-corrected chi connectivity index (χ3v) is 4.82. The summed E-state index contributed by atoms with van der Waals surface area (Å²) in [7, 11) is 0. The van der Waals surface area contributed by atoms with Crippen LogP contribution in [-0.4, -0.2) is 24.8 Å². The zero-order chi connectivity index (χ0) is 12.6. The predicted molar refractivity (Wildman–Crippen MR) is 68.1 cm³/mol. The molecule has 1 saturated heterocycles. The minimum atomic E-state index is -0.183. The van der Waals surface area contributed by atoms with Crippen LogP contribution in [-0.2, 0) is 14.3 Å². The van der Waals surface area contributed by atoms with Gasteiger partial charge < -0.3 is 9.47 Å². The largest absolute Gasteiger partial charge is 0.463 e. The maximum atomic E-state index is 11.4. The molecular weight excluding hydrogens is 228 g/mol. The Balaban J connectivity index is 1.59. The average molecular weight is 250 g/mol. The second kappa shape index (κ2) is 4.69. The third kappa shape index (κ3) is 2.20. The highest BCUT2D eigenvalue weighted by molar-refractivity contribution is 5.82. The van der Waals surface area contributed by atoms with Gasteiger partial charge in [-0.15, -0.1) is 0 Å². The quantitative estimate of drug-likeness (QED) is 0.558. The summed E-state index contributed by atoms with van der Waals surface area (Å²) in [6.07, 6.45) is 8.53. The number of allylic oxidation sites excluding steroid dienone is 1. The summed E-state index contributed by atoms with van der Waals surface area (Å²) in [5.74, 6) is 1.57. The number of ether oxygens (including phenoxy) is 2. The van der Waals surface area contributed by atoms with E-state index in [9.17, 15) is 4.79 Å². The Morgan fingerprint density at radius 2 is 2.28 bits per heavy atom. The average Bonchev–Trinajstić information content (AvgIpc) is 3.14. The molecule has 0 aromatic carbocycles. The van der Waals surface area contributed by atoms with Crippen molar-refractivity contribution in [2.24, 2.45) is 11.8 Å². The third-order valence-electron chi connectivity index (χ3n) is 4.82. The van der Waals surface area contributed by atoms with Crippen molar-refractivity contribution in [1.82, 2.24) is 0 Å². The first-order valence-corrected chi connectivity index (χ1v) is 7.24. The number of hydrogen-bond acceptors (Lipinski definition) is 3. The molecule has 1 unspecified atom stereocenters. The van der Waals surface area contributed by atoms with Crippen LogP contribution in [0.3, 0.4) is 0 Å². The van der Waals surface area contributed by atoms with E-state index < -0.39 is 0 Å². The number of carbonyl (C=O) groups excluding carboxylic acids is 1. The first-order valence-electron chi connectivity index (χ1n) is 7.24. The monoisotopic (exact) mass is 250 g/mol. The highest BCUT2D eigenvalue weighted by atomic mass is 16.5. The molecule has 3 rings (SSSR count). The molecule has 0 aromatic heterocycles.